The number of amidine groups is 1. The number of hydrogen-bond acceptors (Lipinski definition) is 3. The Bertz CT molecular complexity index is 680. The molecule has 1 atom stereocenters. The molecule has 2 aromatic rings. The molecule has 0 fully saturated rings. The van der Waals surface area contributed by atoms with Crippen molar-refractivity contribution < 1.29 is 0 Å². The van der Waals surface area contributed by atoms with Crippen molar-refractivity contribution >= 4 is 22.7 Å². The van der Waals surface area contributed by atoms with E-state index in [9.17, 15) is 0 Å². The molecule has 1 N–H and O–H groups in total. The number of hydrogen-bond donors (Lipinski definition) is 1. The number of nitrogens with zero attached hydrogens (tertiary/aromatic N) is 1. The van der Waals surface area contributed by atoms with E-state index in [2.05, 4.69) is 53.8 Å². The molecule has 1 aliphatic heterocycles. The van der Waals surface area contributed by atoms with E-state index >= 15 is 0 Å². The lowest BCUT2D eigenvalue weighted by atomic mass is 9.95. The van der Waals surface area contributed by atoms with Crippen LogP contribution in [0.3, 0.4) is 0 Å². The Morgan fingerprint density at radius 3 is 2.50 bits per heavy atom. The zero-order valence-corrected chi connectivity index (χ0v) is 12.8. The lowest BCUT2D eigenvalue weighted by Gasteiger charge is -2.25. The van der Waals surface area contributed by atoms with E-state index in [1.807, 2.05) is 30.5 Å². The number of aliphatic imine (C=N–C) groups is 1. The van der Waals surface area contributed by atoms with Crippen molar-refractivity contribution in [3.63, 3.8) is 0 Å². The van der Waals surface area contributed by atoms with E-state index in [1.165, 1.54) is 27.1 Å². The number of benzene rings is 1. The maximum atomic E-state index is 4.45. The van der Waals surface area contributed by atoms with E-state index in [0.717, 1.165) is 5.84 Å². The van der Waals surface area contributed by atoms with Gasteiger partial charge in [-0.3, -0.25) is 0 Å². The van der Waals surface area contributed by atoms with Crippen LogP contribution in [0.15, 0.2) is 46.9 Å². The van der Waals surface area contributed by atoms with Gasteiger partial charge in [0, 0.05) is 16.7 Å². The third-order valence-corrected chi connectivity index (χ3v) is 5.02. The second-order valence-electron chi connectivity index (χ2n) is 5.15. The first-order valence-electron chi connectivity index (χ1n) is 6.78. The molecule has 1 unspecified atom stereocenters. The molecule has 2 heterocycles. The van der Waals surface area contributed by atoms with E-state index < -0.39 is 0 Å². The summed E-state index contributed by atoms with van der Waals surface area (Å²) < 4.78 is 0. The van der Waals surface area contributed by atoms with E-state index in [0.29, 0.717) is 0 Å². The molecule has 1 aliphatic rings. The first-order chi connectivity index (χ1) is 9.66. The summed E-state index contributed by atoms with van der Waals surface area (Å²) in [5.74, 6) is 0.972. The van der Waals surface area contributed by atoms with Crippen molar-refractivity contribution in [2.24, 2.45) is 4.99 Å². The van der Waals surface area contributed by atoms with Gasteiger partial charge in [0.25, 0.3) is 0 Å². The monoisotopic (exact) mass is 282 g/mol. The van der Waals surface area contributed by atoms with Crippen LogP contribution in [0.1, 0.15) is 34.5 Å². The zero-order valence-electron chi connectivity index (χ0n) is 12.0. The molecule has 0 saturated carbocycles. The highest BCUT2D eigenvalue weighted by Gasteiger charge is 2.24. The molecule has 102 valence electrons. The van der Waals surface area contributed by atoms with Gasteiger partial charge < -0.3 is 5.32 Å². The average Bonchev–Trinajstić information content (AvgIpc) is 2.80. The van der Waals surface area contributed by atoms with Crippen molar-refractivity contribution in [3.05, 3.63) is 63.5 Å². The number of aryl methyl sites for hydroxylation is 1. The Labute approximate surface area is 123 Å². The summed E-state index contributed by atoms with van der Waals surface area (Å²) in [6.07, 6.45) is 2.00. The minimum atomic E-state index is 0.202. The second-order valence-corrected chi connectivity index (χ2v) is 6.06. The summed E-state index contributed by atoms with van der Waals surface area (Å²) >= 11 is 1.82. The largest absolute Gasteiger partial charge is 0.362 e. The lowest BCUT2D eigenvalue weighted by molar-refractivity contribution is 0.801. The highest BCUT2D eigenvalue weighted by molar-refractivity contribution is 7.10. The molecular formula is C17H18N2S. The van der Waals surface area contributed by atoms with Gasteiger partial charge in [0.05, 0.1) is 11.9 Å². The van der Waals surface area contributed by atoms with Crippen LogP contribution in [0, 0.1) is 13.8 Å². The minimum Gasteiger partial charge on any atom is -0.362 e. The van der Waals surface area contributed by atoms with Crippen molar-refractivity contribution in [1.29, 1.82) is 0 Å². The first kappa shape index (κ1) is 13.1. The Kier molecular flexibility index (Phi) is 3.45. The number of nitrogens with one attached hydrogen (secondary N) is 1. The van der Waals surface area contributed by atoms with Gasteiger partial charge in [-0.05, 0) is 42.8 Å². The maximum absolute atomic E-state index is 4.45. The SMILES string of the molecule is CC1=NC=C(c2ccccc2)C(c2scc(C)c2C)N1. The quantitative estimate of drug-likeness (QED) is 0.863. The molecule has 0 amide bonds. The fraction of sp³-hybridized carbons (Fsp3) is 0.235. The fourth-order valence-electron chi connectivity index (χ4n) is 2.45. The highest BCUT2D eigenvalue weighted by Crippen LogP contribution is 2.37. The summed E-state index contributed by atoms with van der Waals surface area (Å²) in [7, 11) is 0. The number of thiophene rings is 1. The van der Waals surface area contributed by atoms with Crippen LogP contribution in [0.5, 0.6) is 0 Å². The second kappa shape index (κ2) is 5.25. The minimum absolute atomic E-state index is 0.202. The van der Waals surface area contributed by atoms with Gasteiger partial charge in [0.2, 0.25) is 0 Å². The van der Waals surface area contributed by atoms with Gasteiger partial charge in [-0.15, -0.1) is 11.3 Å². The Balaban J connectivity index is 2.08. The van der Waals surface area contributed by atoms with Crippen LogP contribution in [0.4, 0.5) is 0 Å². The highest BCUT2D eigenvalue weighted by atomic mass is 32.1. The van der Waals surface area contributed by atoms with Crippen LogP contribution in [-0.4, -0.2) is 5.84 Å². The van der Waals surface area contributed by atoms with Gasteiger partial charge in [-0.1, -0.05) is 30.3 Å². The van der Waals surface area contributed by atoms with Crippen molar-refractivity contribution in [2.75, 3.05) is 0 Å². The van der Waals surface area contributed by atoms with Crippen LogP contribution in [-0.2, 0) is 0 Å². The normalized spacial score (nSPS) is 18.2. The van der Waals surface area contributed by atoms with Crippen molar-refractivity contribution in [3.8, 4) is 0 Å². The third-order valence-electron chi connectivity index (χ3n) is 3.75. The van der Waals surface area contributed by atoms with E-state index in [-0.39, 0.29) is 6.04 Å². The predicted molar refractivity (Wildman–Crippen MR) is 87.2 cm³/mol. The third kappa shape index (κ3) is 2.29. The maximum Gasteiger partial charge on any atom is 0.0991 e. The van der Waals surface area contributed by atoms with E-state index in [1.54, 1.807) is 0 Å². The molecule has 1 aromatic heterocycles. The van der Waals surface area contributed by atoms with Gasteiger partial charge >= 0.3 is 0 Å². The van der Waals surface area contributed by atoms with Gasteiger partial charge in [0.15, 0.2) is 0 Å². The summed E-state index contributed by atoms with van der Waals surface area (Å²) in [4.78, 5) is 5.83. The number of rotatable bonds is 2. The lowest BCUT2D eigenvalue weighted by Crippen LogP contribution is -2.29. The fourth-order valence-corrected chi connectivity index (χ4v) is 3.59. The Hall–Kier alpha value is -1.87. The molecular weight excluding hydrogens is 264 g/mol. The van der Waals surface area contributed by atoms with Crippen LogP contribution in [0.2, 0.25) is 0 Å². The van der Waals surface area contributed by atoms with Crippen LogP contribution >= 0.6 is 11.3 Å². The Morgan fingerprint density at radius 1 is 1.10 bits per heavy atom. The van der Waals surface area contributed by atoms with Gasteiger partial charge in [0.1, 0.15) is 0 Å². The first-order valence-corrected chi connectivity index (χ1v) is 7.66. The topological polar surface area (TPSA) is 24.4 Å². The molecule has 0 bridgehead atoms. The molecule has 1 aromatic carbocycles. The summed E-state index contributed by atoms with van der Waals surface area (Å²) in [6.45, 7) is 6.39. The van der Waals surface area contributed by atoms with E-state index in [4.69, 9.17) is 0 Å². The molecule has 20 heavy (non-hydrogen) atoms. The summed E-state index contributed by atoms with van der Waals surface area (Å²) in [5, 5.41) is 5.76. The molecule has 0 saturated heterocycles. The summed E-state index contributed by atoms with van der Waals surface area (Å²) in [6, 6.07) is 10.7. The Morgan fingerprint density at radius 2 is 1.85 bits per heavy atom. The molecule has 3 heteroatoms. The smallest absolute Gasteiger partial charge is 0.0991 e. The van der Waals surface area contributed by atoms with Crippen molar-refractivity contribution in [1.82, 2.24) is 5.32 Å². The zero-order chi connectivity index (χ0) is 14.1. The molecule has 0 radical (unpaired) electrons. The van der Waals surface area contributed by atoms with Crippen LogP contribution in [0.25, 0.3) is 5.57 Å². The van der Waals surface area contributed by atoms with Crippen LogP contribution < -0.4 is 5.32 Å². The molecule has 0 aliphatic carbocycles. The standard InChI is InChI=1S/C17H18N2S/c1-11-10-20-17(12(11)2)16-15(9-18-13(3)19-16)14-7-5-4-6-8-14/h4-10,16H,1-3H3,(H,18,19). The molecule has 3 rings (SSSR count). The molecule has 0 spiro atoms. The predicted octanol–water partition coefficient (Wildman–Crippen LogP) is 4.47. The summed E-state index contributed by atoms with van der Waals surface area (Å²) in [5.41, 5.74) is 5.20. The van der Waals surface area contributed by atoms with Crippen molar-refractivity contribution in [2.45, 2.75) is 26.8 Å². The average molecular weight is 282 g/mol. The van der Waals surface area contributed by atoms with Gasteiger partial charge in [-0.25, -0.2) is 4.99 Å². The van der Waals surface area contributed by atoms with Gasteiger partial charge in [-0.2, -0.15) is 0 Å². The molecule has 2 nitrogen and oxygen atoms in total.